The van der Waals surface area contributed by atoms with E-state index in [2.05, 4.69) is 37.7 Å². The maximum absolute atomic E-state index is 11.4. The standard InChI is InChI=1S/C18H25N5O2S/c1-22(2)8-9-23(12-14-4-6-16(25-3)7-5-14)18-19-10-15(11-20-18)21-17(24)13-26/h4-7,10-11,26H,8-9,12-13H2,1-3H3,(H,21,24). The first-order chi connectivity index (χ1) is 12.5. The molecule has 0 saturated carbocycles. The van der Waals surface area contributed by atoms with Gasteiger partial charge in [-0.1, -0.05) is 12.1 Å². The summed E-state index contributed by atoms with van der Waals surface area (Å²) in [4.78, 5) is 24.4. The van der Waals surface area contributed by atoms with Crippen LogP contribution in [0.5, 0.6) is 5.75 Å². The summed E-state index contributed by atoms with van der Waals surface area (Å²) in [5, 5.41) is 2.69. The van der Waals surface area contributed by atoms with Gasteiger partial charge in [0.25, 0.3) is 0 Å². The number of ether oxygens (including phenoxy) is 1. The van der Waals surface area contributed by atoms with Crippen molar-refractivity contribution in [3.05, 3.63) is 42.2 Å². The lowest BCUT2D eigenvalue weighted by Gasteiger charge is -2.24. The van der Waals surface area contributed by atoms with Gasteiger partial charge in [0.2, 0.25) is 11.9 Å². The van der Waals surface area contributed by atoms with E-state index in [9.17, 15) is 4.79 Å². The number of anilines is 2. The van der Waals surface area contributed by atoms with E-state index in [-0.39, 0.29) is 11.7 Å². The number of carbonyl (C=O) groups excluding carboxylic acids is 1. The molecule has 1 heterocycles. The first-order valence-corrected chi connectivity index (χ1v) is 8.90. The molecule has 1 N–H and O–H groups in total. The molecule has 140 valence electrons. The fraction of sp³-hybridized carbons (Fsp3) is 0.389. The summed E-state index contributed by atoms with van der Waals surface area (Å²) in [6.07, 6.45) is 3.22. The number of nitrogens with one attached hydrogen (secondary N) is 1. The van der Waals surface area contributed by atoms with E-state index in [4.69, 9.17) is 4.74 Å². The summed E-state index contributed by atoms with van der Waals surface area (Å²) < 4.78 is 5.21. The lowest BCUT2D eigenvalue weighted by Crippen LogP contribution is -2.32. The summed E-state index contributed by atoms with van der Waals surface area (Å²) in [6, 6.07) is 7.94. The molecule has 0 bridgehead atoms. The molecule has 0 aliphatic heterocycles. The van der Waals surface area contributed by atoms with E-state index >= 15 is 0 Å². The van der Waals surface area contributed by atoms with Gasteiger partial charge in [-0.05, 0) is 31.8 Å². The van der Waals surface area contributed by atoms with E-state index in [0.717, 1.165) is 24.4 Å². The Bertz CT molecular complexity index is 692. The van der Waals surface area contributed by atoms with E-state index in [1.807, 2.05) is 38.4 Å². The van der Waals surface area contributed by atoms with Gasteiger partial charge in [0.1, 0.15) is 5.75 Å². The zero-order valence-electron chi connectivity index (χ0n) is 15.3. The quantitative estimate of drug-likeness (QED) is 0.653. The van der Waals surface area contributed by atoms with Gasteiger partial charge in [-0.15, -0.1) is 0 Å². The molecule has 2 aromatic rings. The van der Waals surface area contributed by atoms with Crippen molar-refractivity contribution in [1.29, 1.82) is 0 Å². The molecular formula is C18H25N5O2S. The van der Waals surface area contributed by atoms with Gasteiger partial charge >= 0.3 is 0 Å². The summed E-state index contributed by atoms with van der Waals surface area (Å²) in [6.45, 7) is 2.33. The van der Waals surface area contributed by atoms with E-state index in [0.29, 0.717) is 18.2 Å². The van der Waals surface area contributed by atoms with Crippen LogP contribution in [-0.2, 0) is 11.3 Å². The highest BCUT2D eigenvalue weighted by molar-refractivity contribution is 7.81. The van der Waals surface area contributed by atoms with Crippen molar-refractivity contribution < 1.29 is 9.53 Å². The molecule has 7 nitrogen and oxygen atoms in total. The lowest BCUT2D eigenvalue weighted by molar-refractivity contribution is -0.113. The zero-order chi connectivity index (χ0) is 18.9. The summed E-state index contributed by atoms with van der Waals surface area (Å²) in [5.41, 5.74) is 1.70. The SMILES string of the molecule is COc1ccc(CN(CCN(C)C)c2ncc(NC(=O)CS)cn2)cc1. The monoisotopic (exact) mass is 375 g/mol. The first-order valence-electron chi connectivity index (χ1n) is 8.27. The average Bonchev–Trinajstić information content (AvgIpc) is 2.66. The third kappa shape index (κ3) is 6.20. The van der Waals surface area contributed by atoms with E-state index < -0.39 is 0 Å². The van der Waals surface area contributed by atoms with Gasteiger partial charge in [-0.2, -0.15) is 12.6 Å². The number of hydrogen-bond donors (Lipinski definition) is 2. The molecule has 0 atom stereocenters. The molecule has 0 unspecified atom stereocenters. The van der Waals surface area contributed by atoms with Crippen molar-refractivity contribution in [3.63, 3.8) is 0 Å². The average molecular weight is 375 g/mol. The summed E-state index contributed by atoms with van der Waals surface area (Å²) in [7, 11) is 5.71. The molecule has 1 aromatic heterocycles. The van der Waals surface area contributed by atoms with Crippen LogP contribution in [0.15, 0.2) is 36.7 Å². The molecule has 0 aliphatic rings. The zero-order valence-corrected chi connectivity index (χ0v) is 16.2. The number of benzene rings is 1. The smallest absolute Gasteiger partial charge is 0.234 e. The van der Waals surface area contributed by atoms with Gasteiger partial charge in [0.15, 0.2) is 0 Å². The molecular weight excluding hydrogens is 350 g/mol. The molecule has 0 fully saturated rings. The Labute approximate surface area is 159 Å². The van der Waals surface area contributed by atoms with Crippen LogP contribution >= 0.6 is 12.6 Å². The second-order valence-corrected chi connectivity index (χ2v) is 6.37. The van der Waals surface area contributed by atoms with Gasteiger partial charge in [-0.3, -0.25) is 4.79 Å². The van der Waals surface area contributed by atoms with Crippen molar-refractivity contribution in [2.45, 2.75) is 6.54 Å². The van der Waals surface area contributed by atoms with Crippen molar-refractivity contribution in [2.75, 3.05) is 50.3 Å². The normalized spacial score (nSPS) is 10.7. The van der Waals surface area contributed by atoms with Crippen molar-refractivity contribution >= 4 is 30.2 Å². The highest BCUT2D eigenvalue weighted by atomic mass is 32.1. The summed E-state index contributed by atoms with van der Waals surface area (Å²) in [5.74, 6) is 1.38. The van der Waals surface area contributed by atoms with Crippen LogP contribution in [0.3, 0.4) is 0 Å². The van der Waals surface area contributed by atoms with Crippen molar-refractivity contribution in [3.8, 4) is 5.75 Å². The number of nitrogens with zero attached hydrogens (tertiary/aromatic N) is 4. The molecule has 0 aliphatic carbocycles. The maximum Gasteiger partial charge on any atom is 0.234 e. The third-order valence-corrected chi connectivity index (χ3v) is 3.99. The van der Waals surface area contributed by atoms with E-state index in [1.165, 1.54) is 0 Å². The number of aromatic nitrogens is 2. The number of carbonyl (C=O) groups is 1. The maximum atomic E-state index is 11.4. The highest BCUT2D eigenvalue weighted by Crippen LogP contribution is 2.17. The van der Waals surface area contributed by atoms with Crippen molar-refractivity contribution in [2.24, 2.45) is 0 Å². The first kappa shape index (κ1) is 20.0. The molecule has 1 amide bonds. The van der Waals surface area contributed by atoms with Crippen LogP contribution in [0.4, 0.5) is 11.6 Å². The predicted octanol–water partition coefficient (Wildman–Crippen LogP) is 1.92. The van der Waals surface area contributed by atoms with Crippen LogP contribution in [0.2, 0.25) is 0 Å². The highest BCUT2D eigenvalue weighted by Gasteiger charge is 2.12. The Hall–Kier alpha value is -2.32. The van der Waals surface area contributed by atoms with Gasteiger partial charge < -0.3 is 19.9 Å². The van der Waals surface area contributed by atoms with E-state index in [1.54, 1.807) is 19.5 Å². The van der Waals surface area contributed by atoms with Crippen LogP contribution in [0.25, 0.3) is 0 Å². The minimum atomic E-state index is -0.188. The molecule has 2 rings (SSSR count). The Morgan fingerprint density at radius 3 is 2.35 bits per heavy atom. The van der Waals surface area contributed by atoms with Crippen LogP contribution in [0, 0.1) is 0 Å². The van der Waals surface area contributed by atoms with Crippen LogP contribution in [-0.4, -0.2) is 60.8 Å². The largest absolute Gasteiger partial charge is 0.497 e. The molecule has 0 spiro atoms. The number of amides is 1. The lowest BCUT2D eigenvalue weighted by atomic mass is 10.2. The van der Waals surface area contributed by atoms with Crippen LogP contribution in [0.1, 0.15) is 5.56 Å². The minimum Gasteiger partial charge on any atom is -0.497 e. The molecule has 0 radical (unpaired) electrons. The number of likely N-dealkylation sites (N-methyl/N-ethyl adjacent to an activating group) is 1. The fourth-order valence-corrected chi connectivity index (χ4v) is 2.35. The second-order valence-electron chi connectivity index (χ2n) is 6.05. The Kier molecular flexibility index (Phi) is 7.68. The number of thiol groups is 1. The van der Waals surface area contributed by atoms with Gasteiger partial charge in [-0.25, -0.2) is 9.97 Å². The molecule has 8 heteroatoms. The van der Waals surface area contributed by atoms with Crippen LogP contribution < -0.4 is 15.0 Å². The van der Waals surface area contributed by atoms with Gasteiger partial charge in [0, 0.05) is 19.6 Å². The second kappa shape index (κ2) is 9.98. The van der Waals surface area contributed by atoms with Crippen molar-refractivity contribution in [1.82, 2.24) is 14.9 Å². The molecule has 26 heavy (non-hydrogen) atoms. The number of hydrogen-bond acceptors (Lipinski definition) is 7. The Morgan fingerprint density at radius 2 is 1.81 bits per heavy atom. The summed E-state index contributed by atoms with van der Waals surface area (Å²) >= 11 is 3.94. The Balaban J connectivity index is 2.13. The minimum absolute atomic E-state index is 0.119. The Morgan fingerprint density at radius 1 is 1.15 bits per heavy atom. The fourth-order valence-electron chi connectivity index (χ4n) is 2.27. The van der Waals surface area contributed by atoms with Gasteiger partial charge in [0.05, 0.1) is 30.9 Å². The topological polar surface area (TPSA) is 70.6 Å². The predicted molar refractivity (Wildman–Crippen MR) is 107 cm³/mol. The molecule has 1 aromatic carbocycles. The third-order valence-electron chi connectivity index (χ3n) is 3.70. The number of rotatable bonds is 9. The number of methoxy groups -OCH3 is 1. The molecule has 0 saturated heterocycles.